The summed E-state index contributed by atoms with van der Waals surface area (Å²) in [5, 5.41) is 10.1. The molecule has 1 fully saturated rings. The van der Waals surface area contributed by atoms with Gasteiger partial charge in [0, 0.05) is 43.4 Å². The molecule has 112 valence electrons. The minimum absolute atomic E-state index is 0.0207. The number of rotatable bonds is 4. The second kappa shape index (κ2) is 6.26. The maximum Gasteiger partial charge on any atom is 0.274 e. The monoisotopic (exact) mass is 305 g/mol. The van der Waals surface area contributed by atoms with E-state index in [4.69, 9.17) is 0 Å². The molecule has 2 aromatic rings. The third kappa shape index (κ3) is 3.07. The highest BCUT2D eigenvalue weighted by atomic mass is 32.1. The van der Waals surface area contributed by atoms with Gasteiger partial charge in [-0.15, -0.1) is 11.3 Å². The van der Waals surface area contributed by atoms with E-state index in [1.807, 2.05) is 22.5 Å². The van der Waals surface area contributed by atoms with Crippen molar-refractivity contribution in [1.82, 2.24) is 20.1 Å². The van der Waals surface area contributed by atoms with Crippen molar-refractivity contribution in [2.75, 3.05) is 31.1 Å². The minimum atomic E-state index is 0.0207. The predicted molar refractivity (Wildman–Crippen MR) is 82.8 cm³/mol. The highest BCUT2D eigenvalue weighted by Gasteiger charge is 2.24. The fourth-order valence-corrected chi connectivity index (χ4v) is 3.20. The van der Waals surface area contributed by atoms with Gasteiger partial charge in [0.2, 0.25) is 0 Å². The van der Waals surface area contributed by atoms with E-state index in [0.717, 1.165) is 36.8 Å². The largest absolute Gasteiger partial charge is 0.345 e. The van der Waals surface area contributed by atoms with Crippen LogP contribution < -0.4 is 4.90 Å². The van der Waals surface area contributed by atoms with Crippen LogP contribution in [0.4, 0.5) is 5.13 Å². The first-order valence-electron chi connectivity index (χ1n) is 7.26. The molecule has 0 bridgehead atoms. The second-order valence-electron chi connectivity index (χ2n) is 5.12. The van der Waals surface area contributed by atoms with Gasteiger partial charge < -0.3 is 9.80 Å². The molecule has 0 aliphatic carbocycles. The number of aromatic nitrogens is 3. The first-order chi connectivity index (χ1) is 10.3. The number of nitrogens with zero attached hydrogens (tertiary/aromatic N) is 4. The van der Waals surface area contributed by atoms with E-state index in [1.165, 1.54) is 0 Å². The molecule has 3 heterocycles. The van der Waals surface area contributed by atoms with Crippen molar-refractivity contribution in [3.63, 3.8) is 0 Å². The van der Waals surface area contributed by atoms with Gasteiger partial charge in [-0.2, -0.15) is 5.10 Å². The average Bonchev–Trinajstić information content (AvgIpc) is 3.19. The first-order valence-corrected chi connectivity index (χ1v) is 8.14. The summed E-state index contributed by atoms with van der Waals surface area (Å²) in [6.45, 7) is 5.19. The summed E-state index contributed by atoms with van der Waals surface area (Å²) in [5.41, 5.74) is 1.56. The van der Waals surface area contributed by atoms with Gasteiger partial charge in [0.1, 0.15) is 5.69 Å². The van der Waals surface area contributed by atoms with Crippen LogP contribution in [0.5, 0.6) is 0 Å². The Balaban J connectivity index is 1.59. The number of nitrogens with one attached hydrogen (secondary N) is 1. The summed E-state index contributed by atoms with van der Waals surface area (Å²) in [6.07, 6.45) is 3.79. The van der Waals surface area contributed by atoms with Gasteiger partial charge in [-0.25, -0.2) is 4.98 Å². The Morgan fingerprint density at radius 2 is 2.19 bits per heavy atom. The van der Waals surface area contributed by atoms with E-state index in [2.05, 4.69) is 27.0 Å². The predicted octanol–water partition coefficient (Wildman–Crippen LogP) is 1.78. The molecular formula is C14H19N5OS. The third-order valence-electron chi connectivity index (χ3n) is 3.63. The van der Waals surface area contributed by atoms with Crippen molar-refractivity contribution >= 4 is 22.4 Å². The van der Waals surface area contributed by atoms with Crippen LogP contribution in [0.15, 0.2) is 17.6 Å². The maximum absolute atomic E-state index is 12.4. The van der Waals surface area contributed by atoms with E-state index in [9.17, 15) is 4.79 Å². The molecule has 0 spiro atoms. The fourth-order valence-electron chi connectivity index (χ4n) is 2.50. The maximum atomic E-state index is 12.4. The van der Waals surface area contributed by atoms with Gasteiger partial charge in [0.15, 0.2) is 5.13 Å². The zero-order valence-electron chi connectivity index (χ0n) is 12.1. The molecule has 7 heteroatoms. The number of hydrogen-bond donors (Lipinski definition) is 1. The third-order valence-corrected chi connectivity index (χ3v) is 4.46. The van der Waals surface area contributed by atoms with Gasteiger partial charge in [0.25, 0.3) is 5.91 Å². The van der Waals surface area contributed by atoms with Gasteiger partial charge in [-0.05, 0) is 12.5 Å². The molecule has 1 amide bonds. The SMILES string of the molecule is CCCc1cc(C(=O)N2CCN(c3nccs3)CC2)n[nH]1. The fraction of sp³-hybridized carbons (Fsp3) is 0.500. The van der Waals surface area contributed by atoms with E-state index in [-0.39, 0.29) is 5.91 Å². The molecule has 0 aromatic carbocycles. The van der Waals surface area contributed by atoms with Gasteiger partial charge in [-0.1, -0.05) is 13.3 Å². The van der Waals surface area contributed by atoms with E-state index >= 15 is 0 Å². The number of H-pyrrole nitrogens is 1. The summed E-state index contributed by atoms with van der Waals surface area (Å²) in [4.78, 5) is 20.8. The number of carbonyl (C=O) groups is 1. The van der Waals surface area contributed by atoms with E-state index in [1.54, 1.807) is 11.3 Å². The van der Waals surface area contributed by atoms with Crippen LogP contribution in [0.3, 0.4) is 0 Å². The standard InChI is InChI=1S/C14H19N5OS/c1-2-3-11-10-12(17-16-11)13(20)18-5-7-19(8-6-18)14-15-4-9-21-14/h4,9-10H,2-3,5-8H2,1H3,(H,16,17). The van der Waals surface area contributed by atoms with Crippen LogP contribution in [0, 0.1) is 0 Å². The Kier molecular flexibility index (Phi) is 4.19. The van der Waals surface area contributed by atoms with Crippen molar-refractivity contribution in [1.29, 1.82) is 0 Å². The molecular weight excluding hydrogens is 286 g/mol. The lowest BCUT2D eigenvalue weighted by atomic mass is 10.2. The molecule has 21 heavy (non-hydrogen) atoms. The number of aryl methyl sites for hydroxylation is 1. The Morgan fingerprint density at radius 3 is 2.86 bits per heavy atom. The summed E-state index contributed by atoms with van der Waals surface area (Å²) >= 11 is 1.64. The van der Waals surface area contributed by atoms with E-state index in [0.29, 0.717) is 18.8 Å². The topological polar surface area (TPSA) is 65.1 Å². The number of carbonyl (C=O) groups excluding carboxylic acids is 1. The van der Waals surface area contributed by atoms with Gasteiger partial charge >= 0.3 is 0 Å². The van der Waals surface area contributed by atoms with Crippen LogP contribution >= 0.6 is 11.3 Å². The zero-order valence-corrected chi connectivity index (χ0v) is 12.9. The van der Waals surface area contributed by atoms with Crippen LogP contribution in [0.1, 0.15) is 29.5 Å². The lowest BCUT2D eigenvalue weighted by Crippen LogP contribution is -2.48. The Labute approximate surface area is 127 Å². The van der Waals surface area contributed by atoms with E-state index < -0.39 is 0 Å². The molecule has 6 nitrogen and oxygen atoms in total. The Bertz CT molecular complexity index is 586. The van der Waals surface area contributed by atoms with Crippen LogP contribution in [0.2, 0.25) is 0 Å². The average molecular weight is 305 g/mol. The molecule has 0 unspecified atom stereocenters. The molecule has 1 aliphatic rings. The molecule has 1 saturated heterocycles. The molecule has 2 aromatic heterocycles. The number of thiazole rings is 1. The molecule has 0 radical (unpaired) electrons. The van der Waals surface area contributed by atoms with Crippen molar-refractivity contribution in [3.05, 3.63) is 29.0 Å². The van der Waals surface area contributed by atoms with Crippen LogP contribution in [-0.2, 0) is 6.42 Å². The summed E-state index contributed by atoms with van der Waals surface area (Å²) in [7, 11) is 0. The smallest absolute Gasteiger partial charge is 0.274 e. The van der Waals surface area contributed by atoms with Crippen molar-refractivity contribution < 1.29 is 4.79 Å². The zero-order chi connectivity index (χ0) is 14.7. The number of hydrogen-bond acceptors (Lipinski definition) is 5. The molecule has 0 atom stereocenters. The molecule has 3 rings (SSSR count). The Morgan fingerprint density at radius 1 is 1.38 bits per heavy atom. The first kappa shape index (κ1) is 14.1. The number of anilines is 1. The highest BCUT2D eigenvalue weighted by Crippen LogP contribution is 2.19. The highest BCUT2D eigenvalue weighted by molar-refractivity contribution is 7.13. The molecule has 1 N–H and O–H groups in total. The number of piperazine rings is 1. The normalized spacial score (nSPS) is 15.5. The van der Waals surface area contributed by atoms with Crippen molar-refractivity contribution in [2.45, 2.75) is 19.8 Å². The number of amides is 1. The second-order valence-corrected chi connectivity index (χ2v) is 6.00. The quantitative estimate of drug-likeness (QED) is 0.935. The van der Waals surface area contributed by atoms with Crippen LogP contribution in [-0.4, -0.2) is 52.2 Å². The van der Waals surface area contributed by atoms with Gasteiger partial charge in [-0.3, -0.25) is 9.89 Å². The lowest BCUT2D eigenvalue weighted by Gasteiger charge is -2.34. The Hall–Kier alpha value is -1.89. The summed E-state index contributed by atoms with van der Waals surface area (Å²) in [5.74, 6) is 0.0207. The number of aromatic amines is 1. The molecule has 0 saturated carbocycles. The minimum Gasteiger partial charge on any atom is -0.345 e. The van der Waals surface area contributed by atoms with Crippen molar-refractivity contribution in [2.24, 2.45) is 0 Å². The van der Waals surface area contributed by atoms with Crippen molar-refractivity contribution in [3.8, 4) is 0 Å². The van der Waals surface area contributed by atoms with Crippen LogP contribution in [0.25, 0.3) is 0 Å². The molecule has 1 aliphatic heterocycles. The summed E-state index contributed by atoms with van der Waals surface area (Å²) in [6, 6.07) is 1.87. The van der Waals surface area contributed by atoms with Gasteiger partial charge in [0.05, 0.1) is 0 Å². The summed E-state index contributed by atoms with van der Waals surface area (Å²) < 4.78 is 0. The lowest BCUT2D eigenvalue weighted by molar-refractivity contribution is 0.0741.